The average molecular weight is 290 g/mol. The normalized spacial score (nSPS) is 14.0. The van der Waals surface area contributed by atoms with Crippen molar-refractivity contribution < 1.29 is 9.18 Å². The molecule has 1 aliphatic heterocycles. The van der Waals surface area contributed by atoms with Crippen molar-refractivity contribution in [2.75, 3.05) is 18.9 Å². The van der Waals surface area contributed by atoms with E-state index in [4.69, 9.17) is 0 Å². The van der Waals surface area contributed by atoms with Crippen molar-refractivity contribution in [2.24, 2.45) is 0 Å². The molecule has 104 valence electrons. The fraction of sp³-hybridized carbons (Fsp3) is 0.267. The summed E-state index contributed by atoms with van der Waals surface area (Å²) in [7, 11) is 1.63. The van der Waals surface area contributed by atoms with Crippen molar-refractivity contribution in [3.63, 3.8) is 0 Å². The third kappa shape index (κ3) is 2.18. The van der Waals surface area contributed by atoms with Crippen LogP contribution in [0.15, 0.2) is 29.6 Å². The fourth-order valence-corrected chi connectivity index (χ4v) is 3.44. The fourth-order valence-electron chi connectivity index (χ4n) is 2.55. The Morgan fingerprint density at radius 3 is 3.05 bits per heavy atom. The lowest BCUT2D eigenvalue weighted by Crippen LogP contribution is -2.35. The second-order valence-electron chi connectivity index (χ2n) is 4.76. The standard InChI is InChI=1S/C15H15FN2OS/c1-17-14-11(3-2-4-12(14)16)15(19)18-7-5-13-10(9-18)6-8-20-13/h2-4,6,8,17H,5,7,9H2,1H3. The monoisotopic (exact) mass is 290 g/mol. The Morgan fingerprint density at radius 1 is 1.40 bits per heavy atom. The van der Waals surface area contributed by atoms with E-state index in [0.29, 0.717) is 18.7 Å². The molecule has 2 aromatic rings. The summed E-state index contributed by atoms with van der Waals surface area (Å²) in [4.78, 5) is 15.7. The first-order chi connectivity index (χ1) is 9.70. The van der Waals surface area contributed by atoms with E-state index in [9.17, 15) is 9.18 Å². The lowest BCUT2D eigenvalue weighted by Gasteiger charge is -2.27. The largest absolute Gasteiger partial charge is 0.385 e. The summed E-state index contributed by atoms with van der Waals surface area (Å²) in [5.41, 5.74) is 1.87. The molecule has 0 radical (unpaired) electrons. The zero-order chi connectivity index (χ0) is 14.1. The van der Waals surface area contributed by atoms with Crippen LogP contribution < -0.4 is 5.32 Å². The van der Waals surface area contributed by atoms with Crippen LogP contribution in [0.4, 0.5) is 10.1 Å². The highest BCUT2D eigenvalue weighted by atomic mass is 32.1. The summed E-state index contributed by atoms with van der Waals surface area (Å²) in [6.45, 7) is 1.29. The first-order valence-corrected chi connectivity index (χ1v) is 7.39. The number of anilines is 1. The molecule has 0 fully saturated rings. The maximum atomic E-state index is 13.7. The number of amides is 1. The van der Waals surface area contributed by atoms with Crippen LogP contribution in [-0.4, -0.2) is 24.4 Å². The van der Waals surface area contributed by atoms with Crippen LogP contribution >= 0.6 is 11.3 Å². The molecule has 0 atom stereocenters. The molecule has 0 bridgehead atoms. The molecule has 1 aromatic heterocycles. The van der Waals surface area contributed by atoms with Gasteiger partial charge in [-0.15, -0.1) is 11.3 Å². The minimum absolute atomic E-state index is 0.120. The highest BCUT2D eigenvalue weighted by Crippen LogP contribution is 2.27. The Hall–Kier alpha value is -1.88. The van der Waals surface area contributed by atoms with Gasteiger partial charge >= 0.3 is 0 Å². The number of rotatable bonds is 2. The molecule has 5 heteroatoms. The van der Waals surface area contributed by atoms with Gasteiger partial charge in [0.2, 0.25) is 0 Å². The molecule has 0 saturated heterocycles. The molecule has 0 spiro atoms. The number of nitrogens with one attached hydrogen (secondary N) is 1. The van der Waals surface area contributed by atoms with Crippen LogP contribution in [0, 0.1) is 5.82 Å². The van der Waals surface area contributed by atoms with E-state index in [1.807, 2.05) is 0 Å². The third-order valence-corrected chi connectivity index (χ3v) is 4.61. The number of hydrogen-bond acceptors (Lipinski definition) is 3. The predicted octanol–water partition coefficient (Wildman–Crippen LogP) is 3.13. The third-order valence-electron chi connectivity index (χ3n) is 3.59. The van der Waals surface area contributed by atoms with Gasteiger partial charge in [0.05, 0.1) is 11.3 Å². The average Bonchev–Trinajstić information content (AvgIpc) is 2.93. The molecule has 20 heavy (non-hydrogen) atoms. The van der Waals surface area contributed by atoms with E-state index in [1.165, 1.54) is 16.5 Å². The summed E-state index contributed by atoms with van der Waals surface area (Å²) < 4.78 is 13.7. The van der Waals surface area contributed by atoms with Crippen molar-refractivity contribution in [3.05, 3.63) is 51.5 Å². The van der Waals surface area contributed by atoms with Crippen LogP contribution in [0.5, 0.6) is 0 Å². The number of carbonyl (C=O) groups excluding carboxylic acids is 1. The van der Waals surface area contributed by atoms with Crippen LogP contribution in [0.3, 0.4) is 0 Å². The zero-order valence-corrected chi connectivity index (χ0v) is 12.0. The molecule has 3 rings (SSSR count). The second-order valence-corrected chi connectivity index (χ2v) is 5.76. The highest BCUT2D eigenvalue weighted by molar-refractivity contribution is 7.10. The van der Waals surface area contributed by atoms with Gasteiger partial charge in [-0.05, 0) is 35.6 Å². The van der Waals surface area contributed by atoms with E-state index in [2.05, 4.69) is 16.8 Å². The smallest absolute Gasteiger partial charge is 0.256 e. The molecule has 0 aliphatic carbocycles. The van der Waals surface area contributed by atoms with Gasteiger partial charge in [0.25, 0.3) is 5.91 Å². The van der Waals surface area contributed by atoms with E-state index < -0.39 is 5.82 Å². The maximum absolute atomic E-state index is 13.7. The quantitative estimate of drug-likeness (QED) is 0.921. The van der Waals surface area contributed by atoms with E-state index in [-0.39, 0.29) is 11.6 Å². The molecular formula is C15H15FN2OS. The molecule has 3 nitrogen and oxygen atoms in total. The number of hydrogen-bond donors (Lipinski definition) is 1. The molecule has 1 N–H and O–H groups in total. The second kappa shape index (κ2) is 5.25. The van der Waals surface area contributed by atoms with Crippen molar-refractivity contribution in [1.29, 1.82) is 0 Å². The van der Waals surface area contributed by atoms with Crippen LogP contribution in [0.25, 0.3) is 0 Å². The first kappa shape index (κ1) is 13.1. The Kier molecular flexibility index (Phi) is 3.44. The van der Waals surface area contributed by atoms with E-state index in [1.54, 1.807) is 35.4 Å². The number of fused-ring (bicyclic) bond motifs is 1. The minimum Gasteiger partial charge on any atom is -0.385 e. The number of nitrogens with zero attached hydrogens (tertiary/aromatic N) is 1. The van der Waals surface area contributed by atoms with E-state index in [0.717, 1.165) is 6.42 Å². The number of thiophene rings is 1. The van der Waals surface area contributed by atoms with Gasteiger partial charge in [0.15, 0.2) is 0 Å². The summed E-state index contributed by atoms with van der Waals surface area (Å²) in [6, 6.07) is 6.66. The lowest BCUT2D eigenvalue weighted by atomic mass is 10.1. The van der Waals surface area contributed by atoms with Gasteiger partial charge in [-0.1, -0.05) is 6.07 Å². The minimum atomic E-state index is -0.397. The Morgan fingerprint density at radius 2 is 2.25 bits per heavy atom. The van der Waals surface area contributed by atoms with Gasteiger partial charge in [-0.25, -0.2) is 4.39 Å². The van der Waals surface area contributed by atoms with Gasteiger partial charge < -0.3 is 10.2 Å². The summed E-state index contributed by atoms with van der Waals surface area (Å²) in [6.07, 6.45) is 0.878. The van der Waals surface area contributed by atoms with Crippen LogP contribution in [0.1, 0.15) is 20.8 Å². The van der Waals surface area contributed by atoms with Gasteiger partial charge in [0, 0.05) is 25.0 Å². The van der Waals surface area contributed by atoms with E-state index >= 15 is 0 Å². The molecule has 0 unspecified atom stereocenters. The molecule has 1 amide bonds. The summed E-state index contributed by atoms with van der Waals surface area (Å²) in [5, 5.41) is 4.83. The van der Waals surface area contributed by atoms with Crippen molar-refractivity contribution in [3.8, 4) is 0 Å². The Balaban J connectivity index is 1.89. The predicted molar refractivity (Wildman–Crippen MR) is 78.7 cm³/mol. The van der Waals surface area contributed by atoms with Gasteiger partial charge in [-0.3, -0.25) is 4.79 Å². The number of carbonyl (C=O) groups is 1. The Bertz CT molecular complexity index is 653. The highest BCUT2D eigenvalue weighted by Gasteiger charge is 2.24. The number of halogens is 1. The van der Waals surface area contributed by atoms with Gasteiger partial charge in [0.1, 0.15) is 5.82 Å². The Labute approximate surface area is 121 Å². The maximum Gasteiger partial charge on any atom is 0.256 e. The first-order valence-electron chi connectivity index (χ1n) is 6.51. The van der Waals surface area contributed by atoms with Crippen molar-refractivity contribution in [2.45, 2.75) is 13.0 Å². The topological polar surface area (TPSA) is 32.3 Å². The molecule has 2 heterocycles. The van der Waals surface area contributed by atoms with Crippen LogP contribution in [0.2, 0.25) is 0 Å². The van der Waals surface area contributed by atoms with Crippen molar-refractivity contribution in [1.82, 2.24) is 4.90 Å². The molecule has 0 saturated carbocycles. The molecule has 1 aromatic carbocycles. The zero-order valence-electron chi connectivity index (χ0n) is 11.1. The lowest BCUT2D eigenvalue weighted by molar-refractivity contribution is 0.0736. The van der Waals surface area contributed by atoms with Gasteiger partial charge in [-0.2, -0.15) is 0 Å². The van der Waals surface area contributed by atoms with Crippen molar-refractivity contribution >= 4 is 22.9 Å². The number of benzene rings is 1. The molecular weight excluding hydrogens is 275 g/mol. The van der Waals surface area contributed by atoms with Crippen LogP contribution in [-0.2, 0) is 13.0 Å². The summed E-state index contributed by atoms with van der Waals surface area (Å²) in [5.74, 6) is -0.516. The SMILES string of the molecule is CNc1c(F)cccc1C(=O)N1CCc2sccc2C1. The molecule has 1 aliphatic rings. The number of para-hydroxylation sites is 1. The summed E-state index contributed by atoms with van der Waals surface area (Å²) >= 11 is 1.73.